The van der Waals surface area contributed by atoms with E-state index < -0.39 is 17.0 Å². The predicted molar refractivity (Wildman–Crippen MR) is 90.9 cm³/mol. The Morgan fingerprint density at radius 3 is 2.41 bits per heavy atom. The van der Waals surface area contributed by atoms with Crippen LogP contribution in [0.1, 0.15) is 5.56 Å². The minimum absolute atomic E-state index is 0.0386. The molecule has 2 aromatic carbocycles. The minimum atomic E-state index is -5.03. The summed E-state index contributed by atoms with van der Waals surface area (Å²) in [5, 5.41) is 10.9. The molecule has 2 N–H and O–H groups in total. The lowest BCUT2D eigenvalue weighted by Crippen LogP contribution is -2.42. The molecule has 7 nitrogen and oxygen atoms in total. The maximum atomic E-state index is 12.8. The van der Waals surface area contributed by atoms with Crippen molar-refractivity contribution in [1.29, 1.82) is 0 Å². The van der Waals surface area contributed by atoms with Gasteiger partial charge in [-0.15, -0.1) is 0 Å². The number of anilines is 1. The zero-order valence-corrected chi connectivity index (χ0v) is 14.0. The summed E-state index contributed by atoms with van der Waals surface area (Å²) < 4.78 is 43.8. The van der Waals surface area contributed by atoms with Gasteiger partial charge in [-0.3, -0.25) is 14.9 Å². The molecule has 0 atom stereocenters. The van der Waals surface area contributed by atoms with Crippen LogP contribution in [-0.2, 0) is 11.3 Å². The van der Waals surface area contributed by atoms with Crippen LogP contribution in [0.2, 0.25) is 0 Å². The van der Waals surface area contributed by atoms with Crippen LogP contribution in [0, 0.1) is 10.1 Å². The fraction of sp³-hybridized carbons (Fsp3) is 0.235. The molecule has 0 fully saturated rings. The van der Waals surface area contributed by atoms with Gasteiger partial charge in [0.25, 0.3) is 5.69 Å². The molecule has 0 spiro atoms. The van der Waals surface area contributed by atoms with Crippen LogP contribution < -0.4 is 10.5 Å². The number of hydrogen-bond donors (Lipinski definition) is 1. The van der Waals surface area contributed by atoms with E-state index >= 15 is 0 Å². The van der Waals surface area contributed by atoms with Crippen molar-refractivity contribution in [2.45, 2.75) is 12.7 Å². The number of carbonyl (C=O) groups is 1. The second-order valence-electron chi connectivity index (χ2n) is 5.50. The summed E-state index contributed by atoms with van der Waals surface area (Å²) in [6.07, 6.45) is -5.03. The maximum absolute atomic E-state index is 12.8. The van der Waals surface area contributed by atoms with E-state index in [9.17, 15) is 28.1 Å². The van der Waals surface area contributed by atoms with Crippen molar-refractivity contribution in [2.24, 2.45) is 0 Å². The predicted octanol–water partition coefficient (Wildman–Crippen LogP) is 3.15. The van der Waals surface area contributed by atoms with E-state index in [2.05, 4.69) is 0 Å². The van der Waals surface area contributed by atoms with Gasteiger partial charge in [0, 0.05) is 12.6 Å². The first kappa shape index (κ1) is 20.0. The summed E-state index contributed by atoms with van der Waals surface area (Å²) >= 11 is 0. The van der Waals surface area contributed by atoms with Crippen molar-refractivity contribution in [2.75, 3.05) is 18.9 Å². The summed E-state index contributed by atoms with van der Waals surface area (Å²) in [7, 11) is 0. The molecule has 2 aromatic rings. The molecule has 0 aromatic heterocycles. The largest absolute Gasteiger partial charge is 0.489 e. The minimum Gasteiger partial charge on any atom is -0.489 e. The van der Waals surface area contributed by atoms with Gasteiger partial charge in [0.1, 0.15) is 12.4 Å². The lowest BCUT2D eigenvalue weighted by atomic mass is 10.2. The number of nitrogens with zero attached hydrogens (tertiary/aromatic N) is 2. The number of para-hydroxylation sites is 1. The highest BCUT2D eigenvalue weighted by atomic mass is 19.4. The highest BCUT2D eigenvalue weighted by Gasteiger charge is 2.42. The highest BCUT2D eigenvalue weighted by Crippen LogP contribution is 2.30. The number of nitrogen functional groups attached to an aromatic ring is 1. The first-order valence-corrected chi connectivity index (χ1v) is 7.76. The van der Waals surface area contributed by atoms with Gasteiger partial charge >= 0.3 is 12.1 Å². The molecule has 0 aliphatic carbocycles. The number of rotatable bonds is 7. The molecule has 0 aliphatic heterocycles. The Bertz CT molecular complexity index is 813. The standard InChI is InChI=1S/C17H16F3N3O4/c18-17(19,20)16(24)22(11-12-5-2-1-3-6-12)9-10-27-14-8-4-7-13(15(14)21)23(25)26/h1-8H,9-11,21H2. The number of alkyl halides is 3. The Kier molecular flexibility index (Phi) is 6.22. The molecular weight excluding hydrogens is 367 g/mol. The van der Waals surface area contributed by atoms with Crippen LogP contribution in [-0.4, -0.2) is 35.1 Å². The topological polar surface area (TPSA) is 98.7 Å². The Morgan fingerprint density at radius 1 is 1.15 bits per heavy atom. The molecular formula is C17H16F3N3O4. The molecule has 0 heterocycles. The summed E-state index contributed by atoms with van der Waals surface area (Å²) in [5.74, 6) is -2.04. The first-order chi connectivity index (χ1) is 12.7. The lowest BCUT2D eigenvalue weighted by molar-refractivity contribution is -0.384. The number of halogens is 3. The number of carbonyl (C=O) groups excluding carboxylic acids is 1. The molecule has 144 valence electrons. The Hall–Kier alpha value is -3.30. The quantitative estimate of drug-likeness (QED) is 0.450. The zero-order valence-electron chi connectivity index (χ0n) is 14.0. The van der Waals surface area contributed by atoms with Crippen molar-refractivity contribution >= 4 is 17.3 Å². The average Bonchev–Trinajstić information content (AvgIpc) is 2.61. The molecule has 2 rings (SSSR count). The SMILES string of the molecule is Nc1c(OCCN(Cc2ccccc2)C(=O)C(F)(F)F)cccc1[N+](=O)[O-]. The van der Waals surface area contributed by atoms with Crippen LogP contribution in [0.25, 0.3) is 0 Å². The zero-order chi connectivity index (χ0) is 20.0. The van der Waals surface area contributed by atoms with E-state index in [1.165, 1.54) is 18.2 Å². The van der Waals surface area contributed by atoms with E-state index in [0.717, 1.165) is 0 Å². The van der Waals surface area contributed by atoms with Crippen molar-refractivity contribution in [3.05, 3.63) is 64.2 Å². The van der Waals surface area contributed by atoms with Crippen LogP contribution >= 0.6 is 0 Å². The van der Waals surface area contributed by atoms with Crippen LogP contribution in [0.15, 0.2) is 48.5 Å². The second kappa shape index (κ2) is 8.39. The Balaban J connectivity index is 2.09. The number of hydrogen-bond acceptors (Lipinski definition) is 5. The van der Waals surface area contributed by atoms with Gasteiger partial charge in [-0.2, -0.15) is 13.2 Å². The lowest BCUT2D eigenvalue weighted by Gasteiger charge is -2.24. The van der Waals surface area contributed by atoms with Crippen LogP contribution in [0.5, 0.6) is 5.75 Å². The van der Waals surface area contributed by atoms with Gasteiger partial charge in [-0.1, -0.05) is 36.4 Å². The second-order valence-corrected chi connectivity index (χ2v) is 5.50. The summed E-state index contributed by atoms with van der Waals surface area (Å²) in [4.78, 5) is 22.4. The molecule has 0 unspecified atom stereocenters. The summed E-state index contributed by atoms with van der Waals surface area (Å²) in [5.41, 5.74) is 5.53. The van der Waals surface area contributed by atoms with Crippen LogP contribution in [0.4, 0.5) is 24.5 Å². The summed E-state index contributed by atoms with van der Waals surface area (Å²) in [6.45, 7) is -0.956. The van der Waals surface area contributed by atoms with Crippen molar-refractivity contribution < 1.29 is 27.6 Å². The van der Waals surface area contributed by atoms with E-state index in [1.807, 2.05) is 0 Å². The number of benzene rings is 2. The molecule has 0 radical (unpaired) electrons. The fourth-order valence-electron chi connectivity index (χ4n) is 2.32. The summed E-state index contributed by atoms with van der Waals surface area (Å²) in [6, 6.07) is 12.1. The highest BCUT2D eigenvalue weighted by molar-refractivity contribution is 5.81. The Morgan fingerprint density at radius 2 is 1.81 bits per heavy atom. The van der Waals surface area contributed by atoms with Gasteiger partial charge in [0.2, 0.25) is 0 Å². The fourth-order valence-corrected chi connectivity index (χ4v) is 2.32. The first-order valence-electron chi connectivity index (χ1n) is 7.76. The van der Waals surface area contributed by atoms with Crippen LogP contribution in [0.3, 0.4) is 0 Å². The molecule has 0 aliphatic rings. The number of nitrogens with two attached hydrogens (primary N) is 1. The third kappa shape index (κ3) is 5.33. The average molecular weight is 383 g/mol. The van der Waals surface area contributed by atoms with Gasteiger partial charge in [0.05, 0.1) is 11.5 Å². The van der Waals surface area contributed by atoms with Gasteiger partial charge < -0.3 is 15.4 Å². The number of nitro groups is 1. The Labute approximate surface area is 152 Å². The molecule has 27 heavy (non-hydrogen) atoms. The third-order valence-corrected chi connectivity index (χ3v) is 3.60. The van der Waals surface area contributed by atoms with E-state index in [-0.39, 0.29) is 36.8 Å². The van der Waals surface area contributed by atoms with E-state index in [4.69, 9.17) is 10.5 Å². The van der Waals surface area contributed by atoms with Crippen molar-refractivity contribution in [1.82, 2.24) is 4.90 Å². The molecule has 1 amide bonds. The van der Waals surface area contributed by atoms with Gasteiger partial charge in [-0.05, 0) is 11.6 Å². The molecule has 0 saturated carbocycles. The van der Waals surface area contributed by atoms with Crippen molar-refractivity contribution in [3.63, 3.8) is 0 Å². The van der Waals surface area contributed by atoms with E-state index in [1.54, 1.807) is 30.3 Å². The smallest absolute Gasteiger partial charge is 0.471 e. The van der Waals surface area contributed by atoms with Gasteiger partial charge in [0.15, 0.2) is 5.69 Å². The van der Waals surface area contributed by atoms with Gasteiger partial charge in [-0.25, -0.2) is 0 Å². The number of amides is 1. The number of ether oxygens (including phenoxy) is 1. The number of nitro benzene ring substituents is 1. The normalized spacial score (nSPS) is 11.1. The third-order valence-electron chi connectivity index (χ3n) is 3.60. The van der Waals surface area contributed by atoms with E-state index in [0.29, 0.717) is 10.5 Å². The molecule has 10 heteroatoms. The molecule has 0 bridgehead atoms. The van der Waals surface area contributed by atoms with Crippen molar-refractivity contribution in [3.8, 4) is 5.75 Å². The molecule has 0 saturated heterocycles. The maximum Gasteiger partial charge on any atom is 0.471 e. The monoisotopic (exact) mass is 383 g/mol.